The Balaban J connectivity index is 2.08. The number of halogens is 2. The second kappa shape index (κ2) is 9.19. The number of sulfonamides is 1. The van der Waals surface area contributed by atoms with Crippen molar-refractivity contribution in [2.45, 2.75) is 19.8 Å². The number of nitrogens with zero attached hydrogens (tertiary/aromatic N) is 2. The van der Waals surface area contributed by atoms with Crippen molar-refractivity contribution in [1.29, 1.82) is 0 Å². The molecular formula is C18H19ClFN3O5S. The number of carbonyl (C=O) groups is 1. The molecule has 0 atom stereocenters. The van der Waals surface area contributed by atoms with Crippen LogP contribution in [0.3, 0.4) is 0 Å². The summed E-state index contributed by atoms with van der Waals surface area (Å²) in [5, 5.41) is 13.4. The van der Waals surface area contributed by atoms with E-state index >= 15 is 0 Å². The third kappa shape index (κ3) is 6.13. The van der Waals surface area contributed by atoms with Crippen LogP contribution in [0.5, 0.6) is 0 Å². The van der Waals surface area contributed by atoms with Gasteiger partial charge in [0.15, 0.2) is 0 Å². The van der Waals surface area contributed by atoms with Crippen molar-refractivity contribution in [2.75, 3.05) is 22.4 Å². The second-order valence-electron chi connectivity index (χ2n) is 6.34. The summed E-state index contributed by atoms with van der Waals surface area (Å²) in [6, 6.07) is 7.70. The fraction of sp³-hybridized carbons (Fsp3) is 0.278. The third-order valence-corrected chi connectivity index (χ3v) is 5.51. The molecule has 0 fully saturated rings. The Morgan fingerprint density at radius 3 is 2.55 bits per heavy atom. The number of hydrogen-bond donors (Lipinski definition) is 1. The third-order valence-electron chi connectivity index (χ3n) is 4.04. The van der Waals surface area contributed by atoms with Crippen molar-refractivity contribution in [1.82, 2.24) is 0 Å². The topological polar surface area (TPSA) is 110 Å². The van der Waals surface area contributed by atoms with Gasteiger partial charge in [0.1, 0.15) is 5.82 Å². The number of nitro benzene ring substituents is 1. The molecule has 156 valence electrons. The predicted molar refractivity (Wildman–Crippen MR) is 109 cm³/mol. The molecule has 29 heavy (non-hydrogen) atoms. The summed E-state index contributed by atoms with van der Waals surface area (Å²) in [7, 11) is -3.73. The minimum Gasteiger partial charge on any atom is -0.326 e. The summed E-state index contributed by atoms with van der Waals surface area (Å²) in [4.78, 5) is 22.5. The van der Waals surface area contributed by atoms with Crippen LogP contribution in [0.1, 0.15) is 18.4 Å². The first kappa shape index (κ1) is 22.6. The lowest BCUT2D eigenvalue weighted by Gasteiger charge is -2.24. The van der Waals surface area contributed by atoms with Gasteiger partial charge in [-0.15, -0.1) is 0 Å². The molecule has 2 rings (SSSR count). The van der Waals surface area contributed by atoms with E-state index in [-0.39, 0.29) is 35.8 Å². The first-order chi connectivity index (χ1) is 13.5. The van der Waals surface area contributed by atoms with Gasteiger partial charge in [-0.3, -0.25) is 19.2 Å². The molecule has 0 bridgehead atoms. The van der Waals surface area contributed by atoms with Crippen LogP contribution in [0.4, 0.5) is 21.5 Å². The monoisotopic (exact) mass is 443 g/mol. The number of nitro groups is 1. The maximum atomic E-state index is 13.2. The Hall–Kier alpha value is -2.72. The highest BCUT2D eigenvalue weighted by atomic mass is 35.5. The van der Waals surface area contributed by atoms with Gasteiger partial charge in [-0.2, -0.15) is 0 Å². The zero-order chi connectivity index (χ0) is 21.8. The van der Waals surface area contributed by atoms with Crippen LogP contribution in [-0.2, 0) is 14.8 Å². The summed E-state index contributed by atoms with van der Waals surface area (Å²) >= 11 is 5.66. The van der Waals surface area contributed by atoms with Crippen molar-refractivity contribution >= 4 is 44.6 Å². The van der Waals surface area contributed by atoms with Crippen LogP contribution in [0.2, 0.25) is 5.02 Å². The first-order valence-corrected chi connectivity index (χ1v) is 10.7. The average Bonchev–Trinajstić information content (AvgIpc) is 2.61. The van der Waals surface area contributed by atoms with Gasteiger partial charge in [-0.1, -0.05) is 17.7 Å². The van der Waals surface area contributed by atoms with E-state index in [1.807, 2.05) is 0 Å². The maximum Gasteiger partial charge on any atom is 0.271 e. The van der Waals surface area contributed by atoms with Crippen LogP contribution >= 0.6 is 11.6 Å². The van der Waals surface area contributed by atoms with E-state index in [4.69, 9.17) is 11.6 Å². The van der Waals surface area contributed by atoms with Crippen molar-refractivity contribution in [3.05, 3.63) is 62.9 Å². The molecule has 1 amide bonds. The summed E-state index contributed by atoms with van der Waals surface area (Å²) in [6.45, 7) is 1.60. The molecule has 11 heteroatoms. The molecule has 2 aromatic carbocycles. The fourth-order valence-electron chi connectivity index (χ4n) is 2.63. The number of aryl methyl sites for hydroxylation is 1. The fourth-order valence-corrected chi connectivity index (χ4v) is 3.82. The number of anilines is 2. The summed E-state index contributed by atoms with van der Waals surface area (Å²) < 4.78 is 38.6. The molecule has 0 spiro atoms. The normalized spacial score (nSPS) is 11.2. The Morgan fingerprint density at radius 2 is 1.97 bits per heavy atom. The zero-order valence-corrected chi connectivity index (χ0v) is 17.3. The molecule has 0 saturated heterocycles. The van der Waals surface area contributed by atoms with Crippen molar-refractivity contribution in [3.63, 3.8) is 0 Å². The lowest BCUT2D eigenvalue weighted by Crippen LogP contribution is -2.32. The largest absolute Gasteiger partial charge is 0.326 e. The van der Waals surface area contributed by atoms with Gasteiger partial charge < -0.3 is 5.32 Å². The maximum absolute atomic E-state index is 13.2. The van der Waals surface area contributed by atoms with Crippen LogP contribution in [0.25, 0.3) is 0 Å². The van der Waals surface area contributed by atoms with Crippen molar-refractivity contribution < 1.29 is 22.5 Å². The van der Waals surface area contributed by atoms with Crippen molar-refractivity contribution in [3.8, 4) is 0 Å². The van der Waals surface area contributed by atoms with Crippen LogP contribution in [-0.4, -0.2) is 32.0 Å². The van der Waals surface area contributed by atoms with Gasteiger partial charge in [-0.25, -0.2) is 12.8 Å². The van der Waals surface area contributed by atoms with E-state index in [9.17, 15) is 27.7 Å². The number of benzene rings is 2. The minimum atomic E-state index is -3.73. The molecule has 0 aromatic heterocycles. The summed E-state index contributed by atoms with van der Waals surface area (Å²) in [5.74, 6) is -1.02. The van der Waals surface area contributed by atoms with Crippen molar-refractivity contribution in [2.24, 2.45) is 0 Å². The standard InChI is InChI=1S/C18H19ClFN3O5S/c1-12-5-7-14(23(25)26)11-17(12)22(29(2,27)28)9-3-4-18(24)21-13-6-8-16(20)15(19)10-13/h5-8,10-11H,3-4,9H2,1-2H3,(H,21,24). The van der Waals surface area contributed by atoms with Gasteiger partial charge in [0.05, 0.1) is 21.9 Å². The molecule has 0 radical (unpaired) electrons. The SMILES string of the molecule is Cc1ccc([N+](=O)[O-])cc1N(CCCC(=O)Nc1ccc(F)c(Cl)c1)S(C)(=O)=O. The van der Waals surface area contributed by atoms with E-state index in [0.717, 1.165) is 16.6 Å². The molecule has 8 nitrogen and oxygen atoms in total. The molecule has 0 aliphatic heterocycles. The highest BCUT2D eigenvalue weighted by Crippen LogP contribution is 2.28. The number of rotatable bonds is 8. The first-order valence-electron chi connectivity index (χ1n) is 8.46. The van der Waals surface area contributed by atoms with Gasteiger partial charge in [0.25, 0.3) is 5.69 Å². The van der Waals surface area contributed by atoms with Crippen LogP contribution < -0.4 is 9.62 Å². The Morgan fingerprint density at radius 1 is 1.28 bits per heavy atom. The predicted octanol–water partition coefficient (Wildman–Crippen LogP) is 3.88. The van der Waals surface area contributed by atoms with Gasteiger partial charge in [0.2, 0.25) is 15.9 Å². The van der Waals surface area contributed by atoms with Gasteiger partial charge in [-0.05, 0) is 37.1 Å². The van der Waals surface area contributed by atoms with E-state index in [1.165, 1.54) is 30.3 Å². The molecule has 0 aliphatic rings. The summed E-state index contributed by atoms with van der Waals surface area (Å²) in [5.41, 5.74) is 0.819. The van der Waals surface area contributed by atoms with Crippen LogP contribution in [0, 0.1) is 22.9 Å². The molecule has 0 aliphatic carbocycles. The quantitative estimate of drug-likeness (QED) is 0.491. The Kier molecular flexibility index (Phi) is 7.15. The van der Waals surface area contributed by atoms with E-state index in [2.05, 4.69) is 5.32 Å². The number of carbonyl (C=O) groups excluding carboxylic acids is 1. The number of hydrogen-bond acceptors (Lipinski definition) is 5. The molecule has 0 saturated carbocycles. The van der Waals surface area contributed by atoms with Gasteiger partial charge in [0, 0.05) is 30.8 Å². The van der Waals surface area contributed by atoms with Gasteiger partial charge >= 0.3 is 0 Å². The molecular weight excluding hydrogens is 425 g/mol. The summed E-state index contributed by atoms with van der Waals surface area (Å²) in [6.07, 6.45) is 1.14. The molecule has 2 aromatic rings. The lowest BCUT2D eigenvalue weighted by atomic mass is 10.1. The lowest BCUT2D eigenvalue weighted by molar-refractivity contribution is -0.384. The Bertz CT molecular complexity index is 1050. The number of amides is 1. The zero-order valence-electron chi connectivity index (χ0n) is 15.7. The van der Waals surface area contributed by atoms with E-state index in [0.29, 0.717) is 11.3 Å². The number of nitrogens with one attached hydrogen (secondary N) is 1. The smallest absolute Gasteiger partial charge is 0.271 e. The highest BCUT2D eigenvalue weighted by molar-refractivity contribution is 7.92. The second-order valence-corrected chi connectivity index (χ2v) is 8.66. The highest BCUT2D eigenvalue weighted by Gasteiger charge is 2.22. The van der Waals surface area contributed by atoms with E-state index in [1.54, 1.807) is 6.92 Å². The average molecular weight is 444 g/mol. The van der Waals surface area contributed by atoms with E-state index < -0.39 is 26.7 Å². The molecule has 1 N–H and O–H groups in total. The minimum absolute atomic E-state index is 0.0189. The molecule has 0 unspecified atom stereocenters. The molecule has 0 heterocycles. The van der Waals surface area contributed by atoms with Crippen LogP contribution in [0.15, 0.2) is 36.4 Å². The number of non-ortho nitro benzene ring substituents is 1. The Labute approximate surface area is 172 Å².